The van der Waals surface area contributed by atoms with Crippen LogP contribution in [0, 0.1) is 0 Å². The SMILES string of the molecule is C=NC1=C(C)CCC=C1.CCc1cccc2c1-c1c(oc3ccccc13)C21c2ccccc2-c2ccccc21. The van der Waals surface area contributed by atoms with E-state index in [1.54, 1.807) is 0 Å². The van der Waals surface area contributed by atoms with Crippen molar-refractivity contribution in [1.29, 1.82) is 0 Å². The van der Waals surface area contributed by atoms with Crippen LogP contribution in [0.3, 0.4) is 0 Å². The zero-order valence-electron chi connectivity index (χ0n) is 22.5. The lowest BCUT2D eigenvalue weighted by atomic mass is 9.73. The number of aliphatic imine (C=N–C) groups is 1. The number of hydrogen-bond donors (Lipinski definition) is 0. The zero-order chi connectivity index (χ0) is 26.6. The van der Waals surface area contributed by atoms with Gasteiger partial charge in [-0.15, -0.1) is 0 Å². The molecule has 0 atom stereocenters. The Labute approximate surface area is 230 Å². The number of fused-ring (bicyclic) bond motifs is 12. The van der Waals surface area contributed by atoms with Crippen molar-refractivity contribution in [3.8, 4) is 22.3 Å². The van der Waals surface area contributed by atoms with E-state index in [2.05, 4.69) is 123 Å². The van der Waals surface area contributed by atoms with Crippen LogP contribution in [-0.2, 0) is 11.8 Å². The van der Waals surface area contributed by atoms with Gasteiger partial charge < -0.3 is 4.42 Å². The van der Waals surface area contributed by atoms with Crippen LogP contribution in [0.25, 0.3) is 33.2 Å². The number of aryl methyl sites for hydroxylation is 1. The largest absolute Gasteiger partial charge is 0.459 e. The lowest BCUT2D eigenvalue weighted by Crippen LogP contribution is -2.25. The van der Waals surface area contributed by atoms with Crippen molar-refractivity contribution in [3.63, 3.8) is 0 Å². The van der Waals surface area contributed by atoms with E-state index in [4.69, 9.17) is 4.42 Å². The summed E-state index contributed by atoms with van der Waals surface area (Å²) in [6.45, 7) is 7.83. The molecule has 3 aliphatic carbocycles. The second kappa shape index (κ2) is 9.10. The highest BCUT2D eigenvalue weighted by molar-refractivity contribution is 6.05. The van der Waals surface area contributed by atoms with E-state index in [0.717, 1.165) is 36.3 Å². The highest BCUT2D eigenvalue weighted by Gasteiger charge is 2.55. The van der Waals surface area contributed by atoms with Crippen LogP contribution in [0.4, 0.5) is 0 Å². The average molecular weight is 506 g/mol. The normalized spacial score (nSPS) is 15.4. The zero-order valence-corrected chi connectivity index (χ0v) is 22.5. The second-order valence-corrected chi connectivity index (χ2v) is 10.6. The Morgan fingerprint density at radius 1 is 0.795 bits per heavy atom. The molecule has 39 heavy (non-hydrogen) atoms. The first-order valence-electron chi connectivity index (χ1n) is 13.9. The fourth-order valence-corrected chi connectivity index (χ4v) is 6.91. The molecule has 0 N–H and O–H groups in total. The van der Waals surface area contributed by atoms with E-state index in [0.29, 0.717) is 0 Å². The van der Waals surface area contributed by atoms with Crippen molar-refractivity contribution in [2.24, 2.45) is 4.99 Å². The van der Waals surface area contributed by atoms with Crippen molar-refractivity contribution in [2.75, 3.05) is 0 Å². The minimum atomic E-state index is -0.387. The van der Waals surface area contributed by atoms with Crippen LogP contribution >= 0.6 is 0 Å². The minimum Gasteiger partial charge on any atom is -0.459 e. The Bertz CT molecular complexity index is 1780. The van der Waals surface area contributed by atoms with Gasteiger partial charge in [-0.2, -0.15) is 0 Å². The second-order valence-electron chi connectivity index (χ2n) is 10.6. The molecule has 0 unspecified atom stereocenters. The predicted molar refractivity (Wildman–Crippen MR) is 163 cm³/mol. The summed E-state index contributed by atoms with van der Waals surface area (Å²) in [7, 11) is 0. The summed E-state index contributed by atoms with van der Waals surface area (Å²) in [6.07, 6.45) is 7.47. The third-order valence-corrected chi connectivity index (χ3v) is 8.64. The van der Waals surface area contributed by atoms with E-state index < -0.39 is 0 Å². The van der Waals surface area contributed by atoms with E-state index in [1.807, 2.05) is 6.08 Å². The molecule has 1 spiro atoms. The Morgan fingerprint density at radius 3 is 2.13 bits per heavy atom. The van der Waals surface area contributed by atoms with Crippen LogP contribution in [0.1, 0.15) is 54.7 Å². The van der Waals surface area contributed by atoms with Crippen molar-refractivity contribution < 1.29 is 4.42 Å². The molecule has 8 rings (SSSR count). The summed E-state index contributed by atoms with van der Waals surface area (Å²) >= 11 is 0. The fourth-order valence-electron chi connectivity index (χ4n) is 6.91. The van der Waals surface area contributed by atoms with Gasteiger partial charge in [0.2, 0.25) is 0 Å². The molecule has 2 nitrogen and oxygen atoms in total. The molecule has 0 fully saturated rings. The molecule has 1 heterocycles. The maximum atomic E-state index is 6.74. The summed E-state index contributed by atoms with van der Waals surface area (Å²) in [6, 6.07) is 33.0. The van der Waals surface area contributed by atoms with Crippen LogP contribution in [0.2, 0.25) is 0 Å². The number of benzene rings is 4. The summed E-state index contributed by atoms with van der Waals surface area (Å²) in [4.78, 5) is 3.87. The summed E-state index contributed by atoms with van der Waals surface area (Å²) < 4.78 is 6.74. The van der Waals surface area contributed by atoms with Gasteiger partial charge >= 0.3 is 0 Å². The molecule has 1 aromatic heterocycles. The van der Waals surface area contributed by atoms with Gasteiger partial charge in [-0.25, -0.2) is 0 Å². The third kappa shape index (κ3) is 3.24. The maximum Gasteiger partial charge on any atom is 0.135 e. The van der Waals surface area contributed by atoms with Gasteiger partial charge in [0, 0.05) is 10.9 Å². The monoisotopic (exact) mass is 505 g/mol. The maximum absolute atomic E-state index is 6.74. The predicted octanol–water partition coefficient (Wildman–Crippen LogP) is 9.65. The van der Waals surface area contributed by atoms with Gasteiger partial charge in [-0.3, -0.25) is 4.99 Å². The van der Waals surface area contributed by atoms with Gasteiger partial charge in [0.25, 0.3) is 0 Å². The molecule has 0 amide bonds. The minimum absolute atomic E-state index is 0.387. The quantitative estimate of drug-likeness (QED) is 0.215. The molecule has 0 saturated heterocycles. The molecular weight excluding hydrogens is 474 g/mol. The van der Waals surface area contributed by atoms with Gasteiger partial charge in [0.05, 0.1) is 5.70 Å². The Hall–Kier alpha value is -4.43. The van der Waals surface area contributed by atoms with Gasteiger partial charge in [0.15, 0.2) is 0 Å². The lowest BCUT2D eigenvalue weighted by molar-refractivity contribution is 0.506. The topological polar surface area (TPSA) is 25.5 Å². The van der Waals surface area contributed by atoms with Gasteiger partial charge in [-0.1, -0.05) is 97.9 Å². The molecular formula is C37H31NO. The van der Waals surface area contributed by atoms with E-state index in [9.17, 15) is 0 Å². The molecule has 2 heteroatoms. The first kappa shape index (κ1) is 23.7. The molecule has 3 aliphatic rings. The standard InChI is InChI=1S/C29H20O.C8H11N/c1-2-18-10-9-16-24-26(18)27-21-13-5-8-17-25(21)30-28(27)29(24)22-14-6-3-11-19(22)20-12-4-7-15-23(20)29;1-7-5-3-4-6-8(7)9-2/h3-17H,2H2,1H3;4,6H,2-3,5H2,1H3. The van der Waals surface area contributed by atoms with Crippen molar-refractivity contribution in [3.05, 3.63) is 142 Å². The van der Waals surface area contributed by atoms with Gasteiger partial charge in [0.1, 0.15) is 16.8 Å². The number of para-hydroxylation sites is 1. The van der Waals surface area contributed by atoms with Gasteiger partial charge in [-0.05, 0) is 89.6 Å². The molecule has 190 valence electrons. The van der Waals surface area contributed by atoms with E-state index in [1.165, 1.54) is 55.5 Å². The first-order valence-corrected chi connectivity index (χ1v) is 13.9. The molecule has 0 radical (unpaired) electrons. The summed E-state index contributed by atoms with van der Waals surface area (Å²) in [5.41, 5.74) is 13.7. The van der Waals surface area contributed by atoms with Crippen molar-refractivity contribution >= 4 is 17.7 Å². The van der Waals surface area contributed by atoms with Crippen molar-refractivity contribution in [1.82, 2.24) is 0 Å². The van der Waals surface area contributed by atoms with Crippen LogP contribution in [0.5, 0.6) is 0 Å². The Kier molecular flexibility index (Phi) is 5.52. The van der Waals surface area contributed by atoms with Crippen molar-refractivity contribution in [2.45, 2.75) is 38.5 Å². The number of furan rings is 1. The number of nitrogens with zero attached hydrogens (tertiary/aromatic N) is 1. The highest BCUT2D eigenvalue weighted by atomic mass is 16.3. The third-order valence-electron chi connectivity index (χ3n) is 8.64. The number of rotatable bonds is 2. The fraction of sp³-hybridized carbons (Fsp3) is 0.162. The lowest BCUT2D eigenvalue weighted by Gasteiger charge is -2.28. The molecule has 4 aromatic carbocycles. The smallest absolute Gasteiger partial charge is 0.135 e. The Balaban J connectivity index is 0.000000242. The molecule has 0 saturated carbocycles. The number of allylic oxidation sites excluding steroid dienone is 3. The van der Waals surface area contributed by atoms with E-state index in [-0.39, 0.29) is 5.41 Å². The van der Waals surface area contributed by atoms with Crippen LogP contribution in [0.15, 0.2) is 124 Å². The highest BCUT2D eigenvalue weighted by Crippen LogP contribution is 2.64. The molecule has 5 aromatic rings. The summed E-state index contributed by atoms with van der Waals surface area (Å²) in [5, 5.41) is 1.22. The molecule has 0 bridgehead atoms. The van der Waals surface area contributed by atoms with Crippen LogP contribution < -0.4 is 0 Å². The molecule has 0 aliphatic heterocycles. The van der Waals surface area contributed by atoms with Crippen LogP contribution in [-0.4, -0.2) is 6.72 Å². The Morgan fingerprint density at radius 2 is 1.46 bits per heavy atom. The average Bonchev–Trinajstić information content (AvgIpc) is 3.61. The summed E-state index contributed by atoms with van der Waals surface area (Å²) in [5.74, 6) is 1.08. The first-order chi connectivity index (χ1) is 19.2. The number of hydrogen-bond acceptors (Lipinski definition) is 2. The van der Waals surface area contributed by atoms with E-state index >= 15 is 0 Å².